The van der Waals surface area contributed by atoms with Crippen LogP contribution in [0.4, 0.5) is 0 Å². The van der Waals surface area contributed by atoms with Crippen LogP contribution in [0, 0.1) is 0 Å². The van der Waals surface area contributed by atoms with E-state index in [1.54, 1.807) is 6.08 Å². The maximum absolute atomic E-state index is 12.6. The third-order valence-electron chi connectivity index (χ3n) is 7.88. The van der Waals surface area contributed by atoms with Crippen molar-refractivity contribution in [1.82, 2.24) is 0 Å². The second kappa shape index (κ2) is 41.6. The molecule has 0 rings (SSSR count). The lowest BCUT2D eigenvalue weighted by Crippen LogP contribution is -2.30. The van der Waals surface area contributed by atoms with E-state index in [1.165, 1.54) is 12.8 Å². The SMILES string of the molecule is CC\C=C/C=C\C=C/C=C\C=C\C=C/CCCCCC(=O)OCC(COC(=O)C/C=C\C/C=C\C/C=C\CC)OC(=O)CCCCCC/C=C\CCCC. The minimum absolute atomic E-state index is 0.119. The lowest BCUT2D eigenvalue weighted by atomic mass is 10.1. The number of carbonyl (C=O) groups is 3. The highest BCUT2D eigenvalue weighted by atomic mass is 16.6. The smallest absolute Gasteiger partial charge is 0.309 e. The summed E-state index contributed by atoms with van der Waals surface area (Å²) in [5.41, 5.74) is 0. The Bertz CT molecular complexity index is 1220. The Morgan fingerprint density at radius 3 is 1.50 bits per heavy atom. The van der Waals surface area contributed by atoms with Gasteiger partial charge in [-0.15, -0.1) is 0 Å². The second-order valence-corrected chi connectivity index (χ2v) is 12.9. The fraction of sp³-hybridized carbons (Fsp3) is 0.521. The fourth-order valence-corrected chi connectivity index (χ4v) is 4.81. The Hall–Kier alpha value is -4.19. The van der Waals surface area contributed by atoms with Gasteiger partial charge in [-0.05, 0) is 70.6 Å². The molecule has 0 saturated heterocycles. The third-order valence-corrected chi connectivity index (χ3v) is 7.88. The largest absolute Gasteiger partial charge is 0.462 e. The van der Waals surface area contributed by atoms with Gasteiger partial charge in [0.1, 0.15) is 13.2 Å². The molecule has 0 aromatic carbocycles. The van der Waals surface area contributed by atoms with Crippen LogP contribution in [0.15, 0.2) is 122 Å². The zero-order valence-corrected chi connectivity index (χ0v) is 33.9. The van der Waals surface area contributed by atoms with Crippen molar-refractivity contribution >= 4 is 17.9 Å². The number of carbonyl (C=O) groups excluding carboxylic acids is 3. The second-order valence-electron chi connectivity index (χ2n) is 12.9. The number of allylic oxidation sites excluding steroid dienone is 19. The Kier molecular flexibility index (Phi) is 38.3. The molecule has 0 aliphatic carbocycles. The van der Waals surface area contributed by atoms with Gasteiger partial charge in [-0.25, -0.2) is 0 Å². The van der Waals surface area contributed by atoms with Gasteiger partial charge in [-0.2, -0.15) is 0 Å². The van der Waals surface area contributed by atoms with Crippen molar-refractivity contribution in [2.45, 2.75) is 149 Å². The van der Waals surface area contributed by atoms with Crippen LogP contribution in [0.5, 0.6) is 0 Å². The molecule has 1 atom stereocenters. The molecule has 0 aliphatic rings. The van der Waals surface area contributed by atoms with E-state index in [9.17, 15) is 14.4 Å². The number of ether oxygens (including phenoxy) is 3. The molecular weight excluding hydrogens is 673 g/mol. The van der Waals surface area contributed by atoms with Crippen molar-refractivity contribution < 1.29 is 28.6 Å². The van der Waals surface area contributed by atoms with Gasteiger partial charge in [0.25, 0.3) is 0 Å². The molecule has 0 spiro atoms. The molecule has 0 fully saturated rings. The maximum Gasteiger partial charge on any atom is 0.309 e. The Morgan fingerprint density at radius 1 is 0.426 bits per heavy atom. The average molecular weight is 745 g/mol. The monoisotopic (exact) mass is 745 g/mol. The van der Waals surface area contributed by atoms with E-state index < -0.39 is 12.1 Å². The molecule has 1 unspecified atom stereocenters. The topological polar surface area (TPSA) is 78.9 Å². The number of rotatable bonds is 34. The van der Waals surface area contributed by atoms with Crippen LogP contribution < -0.4 is 0 Å². The Balaban J connectivity index is 4.57. The number of hydrogen-bond acceptors (Lipinski definition) is 6. The standard InChI is InChI=1S/C48H72O6/c1-4-7-10-13-16-19-21-22-23-24-25-26-27-30-32-35-38-41-47(50)53-44-45(43-52-46(49)40-37-34-31-28-18-15-12-9-6-3)54-48(51)42-39-36-33-29-20-17-14-11-8-5-2/h7,9-10,12-14,16-19,21-28,34,37,45H,4-6,8,11,15,20,29-33,35-36,38-44H2,1-3H3/b10-7-,12-9-,16-13-,17-14-,21-19-,23-22-,25-24+,27-26-,28-18-,37-34-. The average Bonchev–Trinajstić information content (AvgIpc) is 3.17. The fourth-order valence-electron chi connectivity index (χ4n) is 4.81. The molecule has 0 aromatic rings. The van der Waals surface area contributed by atoms with Crippen LogP contribution in [0.3, 0.4) is 0 Å². The molecule has 54 heavy (non-hydrogen) atoms. The first-order valence-corrected chi connectivity index (χ1v) is 20.6. The highest BCUT2D eigenvalue weighted by Gasteiger charge is 2.19. The van der Waals surface area contributed by atoms with Gasteiger partial charge in [-0.3, -0.25) is 14.4 Å². The van der Waals surface area contributed by atoms with Crippen molar-refractivity contribution in [3.63, 3.8) is 0 Å². The van der Waals surface area contributed by atoms with E-state index in [0.29, 0.717) is 6.42 Å². The summed E-state index contributed by atoms with van der Waals surface area (Å²) in [4.78, 5) is 37.5. The molecule has 0 heterocycles. The number of unbranched alkanes of at least 4 members (excludes halogenated alkanes) is 9. The minimum atomic E-state index is -0.837. The lowest BCUT2D eigenvalue weighted by molar-refractivity contribution is -0.166. The summed E-state index contributed by atoms with van der Waals surface area (Å²) in [7, 11) is 0. The van der Waals surface area contributed by atoms with E-state index in [4.69, 9.17) is 14.2 Å². The highest BCUT2D eigenvalue weighted by molar-refractivity contribution is 5.72. The molecule has 0 bridgehead atoms. The van der Waals surface area contributed by atoms with Crippen molar-refractivity contribution in [2.75, 3.05) is 13.2 Å². The van der Waals surface area contributed by atoms with Crippen LogP contribution in [-0.2, 0) is 28.6 Å². The molecule has 6 heteroatoms. The zero-order chi connectivity index (χ0) is 39.4. The van der Waals surface area contributed by atoms with Gasteiger partial charge in [0.05, 0.1) is 6.42 Å². The maximum atomic E-state index is 12.6. The molecule has 0 amide bonds. The Morgan fingerprint density at radius 2 is 0.889 bits per heavy atom. The van der Waals surface area contributed by atoms with E-state index in [0.717, 1.165) is 83.5 Å². The molecule has 300 valence electrons. The number of hydrogen-bond donors (Lipinski definition) is 0. The van der Waals surface area contributed by atoms with Crippen molar-refractivity contribution in [1.29, 1.82) is 0 Å². The zero-order valence-electron chi connectivity index (χ0n) is 33.9. The van der Waals surface area contributed by atoms with Gasteiger partial charge in [0.15, 0.2) is 6.10 Å². The van der Waals surface area contributed by atoms with Crippen molar-refractivity contribution in [3.8, 4) is 0 Å². The van der Waals surface area contributed by atoms with Gasteiger partial charge in [-0.1, -0.05) is 174 Å². The molecule has 0 aromatic heterocycles. The molecule has 0 N–H and O–H groups in total. The van der Waals surface area contributed by atoms with Gasteiger partial charge in [0.2, 0.25) is 0 Å². The van der Waals surface area contributed by atoms with Crippen LogP contribution in [0.1, 0.15) is 143 Å². The van der Waals surface area contributed by atoms with E-state index in [1.807, 2.05) is 66.8 Å². The lowest BCUT2D eigenvalue weighted by Gasteiger charge is -2.18. The third kappa shape index (κ3) is 39.0. The van der Waals surface area contributed by atoms with Gasteiger partial charge < -0.3 is 14.2 Å². The van der Waals surface area contributed by atoms with Crippen LogP contribution >= 0.6 is 0 Å². The van der Waals surface area contributed by atoms with E-state index in [-0.39, 0.29) is 44.4 Å². The highest BCUT2D eigenvalue weighted by Crippen LogP contribution is 2.10. The number of esters is 3. The first-order valence-electron chi connectivity index (χ1n) is 20.6. The predicted molar refractivity (Wildman–Crippen MR) is 228 cm³/mol. The van der Waals surface area contributed by atoms with Crippen molar-refractivity contribution in [2.24, 2.45) is 0 Å². The summed E-state index contributed by atoms with van der Waals surface area (Å²) in [6, 6.07) is 0. The molecule has 6 nitrogen and oxygen atoms in total. The summed E-state index contributed by atoms with van der Waals surface area (Å²) >= 11 is 0. The Labute approximate surface area is 329 Å². The van der Waals surface area contributed by atoms with Crippen LogP contribution in [0.2, 0.25) is 0 Å². The predicted octanol–water partition coefficient (Wildman–Crippen LogP) is 13.0. The first-order chi connectivity index (χ1) is 26.5. The summed E-state index contributed by atoms with van der Waals surface area (Å²) in [5, 5.41) is 0. The molecule has 0 radical (unpaired) electrons. The quantitative estimate of drug-likeness (QED) is 0.0215. The van der Waals surface area contributed by atoms with Gasteiger partial charge >= 0.3 is 17.9 Å². The van der Waals surface area contributed by atoms with Crippen LogP contribution in [0.25, 0.3) is 0 Å². The van der Waals surface area contributed by atoms with E-state index >= 15 is 0 Å². The summed E-state index contributed by atoms with van der Waals surface area (Å²) in [6.07, 6.45) is 56.4. The normalized spacial score (nSPS) is 13.3. The van der Waals surface area contributed by atoms with Gasteiger partial charge in [0, 0.05) is 12.8 Å². The molecular formula is C48H72O6. The summed E-state index contributed by atoms with van der Waals surface area (Å²) in [5.74, 6) is -1.14. The first kappa shape index (κ1) is 49.8. The summed E-state index contributed by atoms with van der Waals surface area (Å²) in [6.45, 7) is 6.13. The minimum Gasteiger partial charge on any atom is -0.462 e. The van der Waals surface area contributed by atoms with E-state index in [2.05, 4.69) is 69.4 Å². The van der Waals surface area contributed by atoms with Crippen LogP contribution in [-0.4, -0.2) is 37.2 Å². The summed E-state index contributed by atoms with van der Waals surface area (Å²) < 4.78 is 16.5. The van der Waals surface area contributed by atoms with Crippen molar-refractivity contribution in [3.05, 3.63) is 122 Å². The molecule has 0 aliphatic heterocycles. The molecule has 0 saturated carbocycles.